The molecule has 0 bridgehead atoms. The van der Waals surface area contributed by atoms with E-state index in [2.05, 4.69) is 0 Å². The van der Waals surface area contributed by atoms with E-state index in [1.807, 2.05) is 0 Å². The molecule has 2 aromatic rings. The Balaban J connectivity index is 2.42. The van der Waals surface area contributed by atoms with Crippen LogP contribution in [0.15, 0.2) is 41.3 Å². The van der Waals surface area contributed by atoms with Gasteiger partial charge in [-0.2, -0.15) is 0 Å². The van der Waals surface area contributed by atoms with Crippen molar-refractivity contribution >= 4 is 15.5 Å². The first-order chi connectivity index (χ1) is 9.81. The monoisotopic (exact) mass is 313 g/mol. The molecular weight excluding hydrogens is 300 g/mol. The van der Waals surface area contributed by atoms with Crippen molar-refractivity contribution in [3.63, 3.8) is 0 Å². The van der Waals surface area contributed by atoms with Crippen LogP contribution in [-0.4, -0.2) is 15.5 Å². The number of sulfone groups is 1. The Morgan fingerprint density at radius 2 is 1.71 bits per heavy atom. The Bertz CT molecular complexity index is 756. The minimum atomic E-state index is -3.85. The predicted octanol–water partition coefficient (Wildman–Crippen LogP) is 2.53. The largest absolute Gasteiger partial charge is 0.497 e. The van der Waals surface area contributed by atoms with Crippen molar-refractivity contribution in [2.75, 3.05) is 12.8 Å². The summed E-state index contributed by atoms with van der Waals surface area (Å²) in [6.07, 6.45) is 0. The summed E-state index contributed by atoms with van der Waals surface area (Å²) in [5, 5.41) is 0. The number of nitrogen functional groups attached to an aromatic ring is 1. The van der Waals surface area contributed by atoms with E-state index in [-0.39, 0.29) is 16.1 Å². The molecule has 0 aliphatic carbocycles. The lowest BCUT2D eigenvalue weighted by molar-refractivity contribution is 0.413. The molecule has 21 heavy (non-hydrogen) atoms. The summed E-state index contributed by atoms with van der Waals surface area (Å²) in [7, 11) is -2.46. The Morgan fingerprint density at radius 3 is 2.29 bits per heavy atom. The van der Waals surface area contributed by atoms with Crippen LogP contribution < -0.4 is 10.5 Å². The minimum absolute atomic E-state index is 0.00900. The second kappa shape index (κ2) is 5.69. The zero-order valence-electron chi connectivity index (χ0n) is 11.1. The molecule has 112 valence electrons. The van der Waals surface area contributed by atoms with Crippen LogP contribution in [-0.2, 0) is 15.6 Å². The number of rotatable bonds is 4. The number of anilines is 1. The fourth-order valence-electron chi connectivity index (χ4n) is 1.90. The summed E-state index contributed by atoms with van der Waals surface area (Å²) in [5.74, 6) is -1.90. The normalized spacial score (nSPS) is 11.4. The van der Waals surface area contributed by atoms with E-state index in [9.17, 15) is 17.2 Å². The molecule has 0 amide bonds. The van der Waals surface area contributed by atoms with Gasteiger partial charge in [0.05, 0.1) is 23.4 Å². The molecule has 0 aromatic heterocycles. The van der Waals surface area contributed by atoms with Crippen molar-refractivity contribution in [2.24, 2.45) is 0 Å². The zero-order valence-corrected chi connectivity index (χ0v) is 12.0. The van der Waals surface area contributed by atoms with Gasteiger partial charge >= 0.3 is 0 Å². The van der Waals surface area contributed by atoms with Crippen LogP contribution in [0.4, 0.5) is 14.5 Å². The molecule has 0 fully saturated rings. The van der Waals surface area contributed by atoms with Gasteiger partial charge < -0.3 is 10.5 Å². The first-order valence-corrected chi connectivity index (χ1v) is 7.58. The fourth-order valence-corrected chi connectivity index (χ4v) is 3.39. The van der Waals surface area contributed by atoms with E-state index < -0.39 is 27.2 Å². The summed E-state index contributed by atoms with van der Waals surface area (Å²) in [4.78, 5) is -0.133. The number of hydrogen-bond donors (Lipinski definition) is 1. The average Bonchev–Trinajstić information content (AvgIpc) is 2.37. The highest BCUT2D eigenvalue weighted by Gasteiger charge is 2.20. The number of nitrogens with two attached hydrogens (primary N) is 1. The second-order valence-electron chi connectivity index (χ2n) is 4.44. The van der Waals surface area contributed by atoms with Crippen LogP contribution in [0.1, 0.15) is 5.56 Å². The number of ether oxygens (including phenoxy) is 1. The first-order valence-electron chi connectivity index (χ1n) is 5.93. The summed E-state index contributed by atoms with van der Waals surface area (Å²) in [6.45, 7) is 0. The smallest absolute Gasteiger partial charge is 0.184 e. The highest BCUT2D eigenvalue weighted by atomic mass is 32.2. The molecule has 0 spiro atoms. The van der Waals surface area contributed by atoms with Gasteiger partial charge in [0.2, 0.25) is 0 Å². The van der Waals surface area contributed by atoms with Crippen molar-refractivity contribution < 1.29 is 21.9 Å². The van der Waals surface area contributed by atoms with Crippen LogP contribution >= 0.6 is 0 Å². The van der Waals surface area contributed by atoms with Crippen molar-refractivity contribution in [3.05, 3.63) is 53.6 Å². The van der Waals surface area contributed by atoms with E-state index in [1.165, 1.54) is 25.3 Å². The first kappa shape index (κ1) is 15.2. The maximum atomic E-state index is 13.1. The molecule has 2 rings (SSSR count). The Kier molecular flexibility index (Phi) is 4.13. The summed E-state index contributed by atoms with van der Waals surface area (Å²) in [5.41, 5.74) is 5.72. The van der Waals surface area contributed by atoms with E-state index in [0.29, 0.717) is 11.8 Å². The third kappa shape index (κ3) is 3.49. The Hall–Kier alpha value is -2.15. The minimum Gasteiger partial charge on any atom is -0.497 e. The molecule has 0 atom stereocenters. The molecule has 4 nitrogen and oxygen atoms in total. The van der Waals surface area contributed by atoms with Crippen molar-refractivity contribution in [3.8, 4) is 5.75 Å². The standard InChI is InChI=1S/C14H13F2NO3S/c1-20-12-2-3-13(17)14(7-12)21(18,19)8-9-4-10(15)6-11(16)5-9/h2-7H,8,17H2,1H3. The van der Waals surface area contributed by atoms with E-state index in [4.69, 9.17) is 10.5 Å². The lowest BCUT2D eigenvalue weighted by Gasteiger charge is -2.10. The van der Waals surface area contributed by atoms with Gasteiger partial charge in [0.25, 0.3) is 0 Å². The number of hydrogen-bond acceptors (Lipinski definition) is 4. The van der Waals surface area contributed by atoms with Crippen molar-refractivity contribution in [1.82, 2.24) is 0 Å². The highest BCUT2D eigenvalue weighted by Crippen LogP contribution is 2.27. The maximum Gasteiger partial charge on any atom is 0.184 e. The topological polar surface area (TPSA) is 69.4 Å². The molecule has 0 aliphatic rings. The van der Waals surface area contributed by atoms with E-state index in [1.54, 1.807) is 0 Å². The van der Waals surface area contributed by atoms with Crippen molar-refractivity contribution in [2.45, 2.75) is 10.6 Å². The van der Waals surface area contributed by atoms with Gasteiger partial charge in [-0.3, -0.25) is 0 Å². The number of methoxy groups -OCH3 is 1. The lowest BCUT2D eigenvalue weighted by Crippen LogP contribution is -2.08. The van der Waals surface area contributed by atoms with Crippen LogP contribution in [0.3, 0.4) is 0 Å². The summed E-state index contributed by atoms with van der Waals surface area (Å²) in [6, 6.07) is 6.82. The third-order valence-corrected chi connectivity index (χ3v) is 4.57. The number of halogens is 2. The molecular formula is C14H13F2NO3S. The molecule has 0 radical (unpaired) electrons. The van der Waals surface area contributed by atoms with Gasteiger partial charge in [-0.05, 0) is 29.8 Å². The molecule has 0 saturated heterocycles. The average molecular weight is 313 g/mol. The van der Waals surface area contributed by atoms with Gasteiger partial charge in [-0.1, -0.05) is 0 Å². The lowest BCUT2D eigenvalue weighted by atomic mass is 10.2. The van der Waals surface area contributed by atoms with Crippen LogP contribution in [0, 0.1) is 11.6 Å². The molecule has 2 aromatic carbocycles. The fraction of sp³-hybridized carbons (Fsp3) is 0.143. The van der Waals surface area contributed by atoms with E-state index in [0.717, 1.165) is 12.1 Å². The van der Waals surface area contributed by atoms with E-state index >= 15 is 0 Å². The molecule has 2 N–H and O–H groups in total. The van der Waals surface area contributed by atoms with Crippen LogP contribution in [0.25, 0.3) is 0 Å². The quantitative estimate of drug-likeness (QED) is 0.881. The van der Waals surface area contributed by atoms with Crippen LogP contribution in [0.2, 0.25) is 0 Å². The van der Waals surface area contributed by atoms with Gasteiger partial charge in [-0.15, -0.1) is 0 Å². The third-order valence-electron chi connectivity index (χ3n) is 2.83. The molecule has 0 aliphatic heterocycles. The Morgan fingerprint density at radius 1 is 1.10 bits per heavy atom. The molecule has 0 saturated carbocycles. The summed E-state index contributed by atoms with van der Waals surface area (Å²) < 4.78 is 55.9. The maximum absolute atomic E-state index is 13.1. The Labute approximate surface area is 121 Å². The summed E-state index contributed by atoms with van der Waals surface area (Å²) >= 11 is 0. The van der Waals surface area contributed by atoms with Gasteiger partial charge in [0.1, 0.15) is 17.4 Å². The van der Waals surface area contributed by atoms with Crippen molar-refractivity contribution in [1.29, 1.82) is 0 Å². The molecule has 0 heterocycles. The highest BCUT2D eigenvalue weighted by molar-refractivity contribution is 7.90. The second-order valence-corrected chi connectivity index (χ2v) is 6.40. The zero-order chi connectivity index (χ0) is 15.6. The van der Waals surface area contributed by atoms with Gasteiger partial charge in [0.15, 0.2) is 9.84 Å². The SMILES string of the molecule is COc1ccc(N)c(S(=O)(=O)Cc2cc(F)cc(F)c2)c1. The van der Waals surface area contributed by atoms with Gasteiger partial charge in [-0.25, -0.2) is 17.2 Å². The molecule has 0 unspecified atom stereocenters. The van der Waals surface area contributed by atoms with Crippen LogP contribution in [0.5, 0.6) is 5.75 Å². The number of benzene rings is 2. The van der Waals surface area contributed by atoms with Gasteiger partial charge in [0, 0.05) is 12.1 Å². The molecule has 7 heteroatoms. The predicted molar refractivity (Wildman–Crippen MR) is 74.7 cm³/mol.